The van der Waals surface area contributed by atoms with Gasteiger partial charge in [0.1, 0.15) is 0 Å². The highest BCUT2D eigenvalue weighted by Gasteiger charge is 2.31. The first kappa shape index (κ1) is 12.4. The summed E-state index contributed by atoms with van der Waals surface area (Å²) in [5.74, 6) is 0.896. The van der Waals surface area contributed by atoms with Gasteiger partial charge in [-0.05, 0) is 43.4 Å². The van der Waals surface area contributed by atoms with Crippen molar-refractivity contribution in [3.63, 3.8) is 0 Å². The number of hydrogen-bond acceptors (Lipinski definition) is 1. The Bertz CT molecular complexity index is 374. The molecule has 1 aromatic rings. The van der Waals surface area contributed by atoms with Crippen molar-refractivity contribution < 1.29 is 0 Å². The molecule has 1 saturated carbocycles. The fourth-order valence-corrected chi connectivity index (χ4v) is 2.92. The zero-order valence-corrected chi connectivity index (χ0v) is 12.9. The smallest absolute Gasteiger partial charge is 0.0418 e. The van der Waals surface area contributed by atoms with Crippen molar-refractivity contribution in [3.8, 4) is 0 Å². The van der Waals surface area contributed by atoms with Crippen molar-refractivity contribution in [1.29, 1.82) is 0 Å². The molecule has 0 bridgehead atoms. The zero-order chi connectivity index (χ0) is 11.7. The number of nitrogens with zero attached hydrogens (tertiary/aromatic N) is 1. The molecule has 2 rings (SSSR count). The van der Waals surface area contributed by atoms with E-state index in [0.717, 1.165) is 15.7 Å². The largest absolute Gasteiger partial charge is 0.371 e. The standard InChI is InChI=1S/C13H17Br2N/c1-9(10-3-4-10)16(2)13-7-12(15)6-5-11(13)8-14/h5-7,9-10H,3-4,8H2,1-2H3. The lowest BCUT2D eigenvalue weighted by Gasteiger charge is -2.29. The van der Waals surface area contributed by atoms with Crippen LogP contribution in [-0.4, -0.2) is 13.1 Å². The molecular formula is C13H17Br2N. The predicted molar refractivity (Wildman–Crippen MR) is 77.4 cm³/mol. The number of alkyl halides is 1. The van der Waals surface area contributed by atoms with E-state index in [0.29, 0.717) is 6.04 Å². The number of anilines is 1. The van der Waals surface area contributed by atoms with Crippen LogP contribution < -0.4 is 4.90 Å². The Hall–Kier alpha value is -0.0200. The summed E-state index contributed by atoms with van der Waals surface area (Å²) < 4.78 is 1.15. The van der Waals surface area contributed by atoms with Crippen LogP contribution in [0.1, 0.15) is 25.3 Å². The van der Waals surface area contributed by atoms with Crippen LogP contribution in [-0.2, 0) is 5.33 Å². The van der Waals surface area contributed by atoms with E-state index in [9.17, 15) is 0 Å². The molecule has 3 heteroatoms. The number of halogens is 2. The molecule has 0 saturated heterocycles. The van der Waals surface area contributed by atoms with Crippen LogP contribution in [0.4, 0.5) is 5.69 Å². The maximum Gasteiger partial charge on any atom is 0.0418 e. The van der Waals surface area contributed by atoms with Gasteiger partial charge in [-0.1, -0.05) is 37.9 Å². The maximum atomic E-state index is 3.56. The monoisotopic (exact) mass is 345 g/mol. The third-order valence-corrected chi connectivity index (χ3v) is 4.58. The second-order valence-electron chi connectivity index (χ2n) is 4.60. The summed E-state index contributed by atoms with van der Waals surface area (Å²) >= 11 is 7.11. The highest BCUT2D eigenvalue weighted by atomic mass is 79.9. The minimum absolute atomic E-state index is 0.645. The molecule has 1 aromatic carbocycles. The van der Waals surface area contributed by atoms with E-state index in [1.54, 1.807) is 0 Å². The van der Waals surface area contributed by atoms with Crippen molar-refractivity contribution in [2.75, 3.05) is 11.9 Å². The minimum atomic E-state index is 0.645. The molecule has 0 N–H and O–H groups in total. The van der Waals surface area contributed by atoms with Crippen molar-refractivity contribution in [2.24, 2.45) is 5.92 Å². The molecule has 1 nitrogen and oxygen atoms in total. The lowest BCUT2D eigenvalue weighted by atomic mass is 10.1. The van der Waals surface area contributed by atoms with Gasteiger partial charge in [0.25, 0.3) is 0 Å². The molecule has 0 spiro atoms. The Labute approximate surface area is 114 Å². The van der Waals surface area contributed by atoms with Crippen LogP contribution in [0.25, 0.3) is 0 Å². The van der Waals surface area contributed by atoms with E-state index in [-0.39, 0.29) is 0 Å². The van der Waals surface area contributed by atoms with Crippen molar-refractivity contribution >= 4 is 37.5 Å². The highest BCUT2D eigenvalue weighted by molar-refractivity contribution is 9.10. The summed E-state index contributed by atoms with van der Waals surface area (Å²) in [5.41, 5.74) is 2.70. The topological polar surface area (TPSA) is 3.24 Å². The lowest BCUT2D eigenvalue weighted by Crippen LogP contribution is -2.31. The van der Waals surface area contributed by atoms with Gasteiger partial charge < -0.3 is 4.90 Å². The molecule has 0 amide bonds. The normalized spacial score (nSPS) is 17.2. The van der Waals surface area contributed by atoms with Gasteiger partial charge in [-0.2, -0.15) is 0 Å². The van der Waals surface area contributed by atoms with Gasteiger partial charge >= 0.3 is 0 Å². The highest BCUT2D eigenvalue weighted by Crippen LogP contribution is 2.37. The third-order valence-electron chi connectivity index (χ3n) is 3.49. The van der Waals surface area contributed by atoms with E-state index in [1.807, 2.05) is 0 Å². The predicted octanol–water partition coefficient (Wildman–Crippen LogP) is 4.58. The second-order valence-corrected chi connectivity index (χ2v) is 6.07. The summed E-state index contributed by atoms with van der Waals surface area (Å²) in [6, 6.07) is 7.15. The Morgan fingerprint density at radius 3 is 2.69 bits per heavy atom. The van der Waals surface area contributed by atoms with Gasteiger partial charge in [-0.3, -0.25) is 0 Å². The molecule has 16 heavy (non-hydrogen) atoms. The molecule has 1 aliphatic rings. The summed E-state index contributed by atoms with van der Waals surface area (Å²) in [4.78, 5) is 2.42. The molecule has 1 fully saturated rings. The Kier molecular flexibility index (Phi) is 3.96. The Morgan fingerprint density at radius 1 is 1.44 bits per heavy atom. The van der Waals surface area contributed by atoms with E-state index >= 15 is 0 Å². The second kappa shape index (κ2) is 5.09. The zero-order valence-electron chi connectivity index (χ0n) is 9.71. The number of rotatable bonds is 4. The third kappa shape index (κ3) is 2.62. The van der Waals surface area contributed by atoms with E-state index < -0.39 is 0 Å². The summed E-state index contributed by atoms with van der Waals surface area (Å²) in [6.45, 7) is 2.33. The van der Waals surface area contributed by atoms with E-state index in [1.165, 1.54) is 24.1 Å². The van der Waals surface area contributed by atoms with Crippen LogP contribution >= 0.6 is 31.9 Å². The first-order valence-electron chi connectivity index (χ1n) is 5.70. The molecule has 0 aliphatic heterocycles. The average molecular weight is 347 g/mol. The molecule has 1 aliphatic carbocycles. The van der Waals surface area contributed by atoms with Crippen LogP contribution in [0.15, 0.2) is 22.7 Å². The summed E-state index contributed by atoms with van der Waals surface area (Å²) in [6.07, 6.45) is 2.78. The van der Waals surface area contributed by atoms with Gasteiger partial charge in [0, 0.05) is 28.6 Å². The van der Waals surface area contributed by atoms with Crippen molar-refractivity contribution in [1.82, 2.24) is 0 Å². The lowest BCUT2D eigenvalue weighted by molar-refractivity contribution is 0.608. The van der Waals surface area contributed by atoms with E-state index in [4.69, 9.17) is 0 Å². The van der Waals surface area contributed by atoms with Crippen molar-refractivity contribution in [2.45, 2.75) is 31.1 Å². The van der Waals surface area contributed by atoms with Gasteiger partial charge in [0.15, 0.2) is 0 Å². The Balaban J connectivity index is 2.26. The summed E-state index contributed by atoms with van der Waals surface area (Å²) in [7, 11) is 2.21. The molecule has 1 atom stereocenters. The minimum Gasteiger partial charge on any atom is -0.371 e. The first-order valence-corrected chi connectivity index (χ1v) is 7.62. The summed E-state index contributed by atoms with van der Waals surface area (Å²) in [5, 5.41) is 0.914. The van der Waals surface area contributed by atoms with Gasteiger partial charge in [0.2, 0.25) is 0 Å². The molecule has 1 unspecified atom stereocenters. The van der Waals surface area contributed by atoms with Crippen LogP contribution in [0.2, 0.25) is 0 Å². The van der Waals surface area contributed by atoms with Crippen LogP contribution in [0.5, 0.6) is 0 Å². The fraction of sp³-hybridized carbons (Fsp3) is 0.538. The SMILES string of the molecule is CC(C1CC1)N(C)c1cc(Br)ccc1CBr. The molecule has 88 valence electrons. The van der Waals surface area contributed by atoms with Gasteiger partial charge in [-0.15, -0.1) is 0 Å². The molecule has 0 radical (unpaired) electrons. The maximum absolute atomic E-state index is 3.56. The van der Waals surface area contributed by atoms with Gasteiger partial charge in [0.05, 0.1) is 0 Å². The fourth-order valence-electron chi connectivity index (χ4n) is 2.09. The molecule has 0 heterocycles. The van der Waals surface area contributed by atoms with E-state index in [2.05, 4.69) is 68.9 Å². The molecular weight excluding hydrogens is 330 g/mol. The Morgan fingerprint density at radius 2 is 2.12 bits per heavy atom. The first-order chi connectivity index (χ1) is 7.63. The molecule has 0 aromatic heterocycles. The van der Waals surface area contributed by atoms with Crippen LogP contribution in [0.3, 0.4) is 0 Å². The van der Waals surface area contributed by atoms with Gasteiger partial charge in [-0.25, -0.2) is 0 Å². The number of hydrogen-bond donors (Lipinski definition) is 0. The number of benzene rings is 1. The quantitative estimate of drug-likeness (QED) is 0.721. The van der Waals surface area contributed by atoms with Crippen LogP contribution in [0, 0.1) is 5.92 Å². The average Bonchev–Trinajstić information content (AvgIpc) is 3.11. The van der Waals surface area contributed by atoms with Crippen molar-refractivity contribution in [3.05, 3.63) is 28.2 Å².